The van der Waals surface area contributed by atoms with Crippen molar-refractivity contribution in [3.63, 3.8) is 0 Å². The van der Waals surface area contributed by atoms with E-state index in [9.17, 15) is 9.59 Å². The number of hydrogen-bond donors (Lipinski definition) is 4. The van der Waals surface area contributed by atoms with Gasteiger partial charge in [0.15, 0.2) is 0 Å². The van der Waals surface area contributed by atoms with Crippen molar-refractivity contribution in [3.05, 3.63) is 0 Å². The lowest BCUT2D eigenvalue weighted by molar-refractivity contribution is 0.193. The highest BCUT2D eigenvalue weighted by Crippen LogP contribution is 1.81. The highest BCUT2D eigenvalue weighted by molar-refractivity contribution is 5.85. The second-order valence-corrected chi connectivity index (χ2v) is 3.17. The van der Waals surface area contributed by atoms with E-state index in [4.69, 9.17) is 10.2 Å². The van der Waals surface area contributed by atoms with Crippen molar-refractivity contribution in [2.75, 3.05) is 13.1 Å². The Balaban J connectivity index is -0.0000000980. The van der Waals surface area contributed by atoms with Crippen molar-refractivity contribution in [3.8, 4) is 0 Å². The zero-order valence-electron chi connectivity index (χ0n) is 10.8. The second-order valence-electron chi connectivity index (χ2n) is 3.17. The van der Waals surface area contributed by atoms with Crippen LogP contribution in [0.25, 0.3) is 0 Å². The van der Waals surface area contributed by atoms with Crippen molar-refractivity contribution < 1.29 is 19.8 Å². The minimum absolute atomic E-state index is 0. The monoisotopic (exact) mass is 306 g/mol. The Labute approximate surface area is 120 Å². The molecule has 0 saturated carbocycles. The third-order valence-corrected chi connectivity index (χ3v) is 1.61. The zero-order chi connectivity index (χ0) is 12.8. The van der Waals surface area contributed by atoms with Crippen molar-refractivity contribution >= 4 is 37.0 Å². The lowest BCUT2D eigenvalue weighted by atomic mass is 10.3. The fraction of sp³-hybridized carbons (Fsp3) is 0.800. The second kappa shape index (κ2) is 21.4. The minimum Gasteiger partial charge on any atom is -0.465 e. The first-order valence-electron chi connectivity index (χ1n) is 5.48. The van der Waals surface area contributed by atoms with Gasteiger partial charge in [-0.05, 0) is 12.8 Å². The highest BCUT2D eigenvalue weighted by Gasteiger charge is 1.89. The Morgan fingerprint density at radius 2 is 1.11 bits per heavy atom. The van der Waals surface area contributed by atoms with E-state index >= 15 is 0 Å². The van der Waals surface area contributed by atoms with Crippen LogP contribution in [0.1, 0.15) is 39.5 Å². The molecular weight excluding hydrogens is 283 g/mol. The number of carbonyl (C=O) groups is 2. The Morgan fingerprint density at radius 1 is 0.833 bits per heavy atom. The van der Waals surface area contributed by atoms with Gasteiger partial charge >= 0.3 is 12.2 Å². The van der Waals surface area contributed by atoms with E-state index < -0.39 is 12.2 Å². The van der Waals surface area contributed by atoms with Crippen LogP contribution in [0.15, 0.2) is 0 Å². The standard InChI is InChI=1S/2C5H11NO2.2ClH/c2*1-2-3-4-6-5(7)8;;/h2*6H,2-4H2,1H3,(H,7,8);2*1H. The molecule has 6 nitrogen and oxygen atoms in total. The molecule has 0 aromatic heterocycles. The van der Waals surface area contributed by atoms with Gasteiger partial charge in [0.2, 0.25) is 0 Å². The molecule has 4 N–H and O–H groups in total. The minimum atomic E-state index is -0.932. The summed E-state index contributed by atoms with van der Waals surface area (Å²) in [4.78, 5) is 19.5. The average Bonchev–Trinajstić information content (AvgIpc) is 2.18. The fourth-order valence-electron chi connectivity index (χ4n) is 0.744. The van der Waals surface area contributed by atoms with Gasteiger partial charge in [0.05, 0.1) is 0 Å². The van der Waals surface area contributed by atoms with Crippen LogP contribution in [0.4, 0.5) is 9.59 Å². The van der Waals surface area contributed by atoms with Crippen molar-refractivity contribution in [1.29, 1.82) is 0 Å². The van der Waals surface area contributed by atoms with Crippen LogP contribution in [-0.4, -0.2) is 35.5 Å². The van der Waals surface area contributed by atoms with Gasteiger partial charge in [-0.2, -0.15) is 0 Å². The third-order valence-electron chi connectivity index (χ3n) is 1.61. The molecule has 0 unspecified atom stereocenters. The van der Waals surface area contributed by atoms with Gasteiger partial charge in [0, 0.05) is 13.1 Å². The predicted molar refractivity (Wildman–Crippen MR) is 76.4 cm³/mol. The van der Waals surface area contributed by atoms with Crippen LogP contribution in [0.2, 0.25) is 0 Å². The van der Waals surface area contributed by atoms with E-state index in [1.807, 2.05) is 13.8 Å². The molecule has 0 spiro atoms. The summed E-state index contributed by atoms with van der Waals surface area (Å²) < 4.78 is 0. The maximum atomic E-state index is 9.76. The number of hydrogen-bond acceptors (Lipinski definition) is 2. The van der Waals surface area contributed by atoms with Crippen LogP contribution in [-0.2, 0) is 0 Å². The van der Waals surface area contributed by atoms with Gasteiger partial charge in [-0.3, -0.25) is 0 Å². The first-order valence-corrected chi connectivity index (χ1v) is 5.48. The molecule has 0 fully saturated rings. The van der Waals surface area contributed by atoms with E-state index in [1.54, 1.807) is 0 Å². The van der Waals surface area contributed by atoms with Gasteiger partial charge in [-0.1, -0.05) is 26.7 Å². The van der Waals surface area contributed by atoms with E-state index in [1.165, 1.54) is 0 Å². The topological polar surface area (TPSA) is 98.7 Å². The van der Waals surface area contributed by atoms with Crippen LogP contribution in [0, 0.1) is 0 Å². The lowest BCUT2D eigenvalue weighted by Gasteiger charge is -1.94. The first-order chi connectivity index (χ1) is 7.54. The van der Waals surface area contributed by atoms with Gasteiger partial charge in [-0.15, -0.1) is 24.8 Å². The summed E-state index contributed by atoms with van der Waals surface area (Å²) in [6.07, 6.45) is 2.04. The predicted octanol–water partition coefficient (Wildman–Crippen LogP) is 2.95. The molecule has 0 atom stereocenters. The van der Waals surface area contributed by atoms with Gasteiger partial charge in [0.25, 0.3) is 0 Å². The summed E-state index contributed by atoms with van der Waals surface area (Å²) in [6.45, 7) is 5.19. The molecule has 112 valence electrons. The quantitative estimate of drug-likeness (QED) is 0.567. The maximum absolute atomic E-state index is 9.76. The number of amides is 2. The number of nitrogens with one attached hydrogen (secondary N) is 2. The molecule has 0 rings (SSSR count). The van der Waals surface area contributed by atoms with Crippen LogP contribution < -0.4 is 10.6 Å². The highest BCUT2D eigenvalue weighted by atomic mass is 35.5. The molecule has 0 bridgehead atoms. The lowest BCUT2D eigenvalue weighted by Crippen LogP contribution is -2.21. The largest absolute Gasteiger partial charge is 0.465 e. The van der Waals surface area contributed by atoms with Crippen molar-refractivity contribution in [2.45, 2.75) is 39.5 Å². The Morgan fingerprint density at radius 3 is 1.28 bits per heavy atom. The molecule has 18 heavy (non-hydrogen) atoms. The van der Waals surface area contributed by atoms with Crippen LogP contribution >= 0.6 is 24.8 Å². The van der Waals surface area contributed by atoms with E-state index in [-0.39, 0.29) is 24.8 Å². The molecule has 0 aliphatic rings. The number of unbranched alkanes of at least 4 members (excludes halogenated alkanes) is 2. The normalized spacial score (nSPS) is 7.67. The summed E-state index contributed by atoms with van der Waals surface area (Å²) in [5, 5.41) is 20.6. The molecule has 0 heterocycles. The Kier molecular flexibility index (Phi) is 30.7. The van der Waals surface area contributed by atoms with Crippen LogP contribution in [0.3, 0.4) is 0 Å². The third kappa shape index (κ3) is 36.2. The SMILES string of the molecule is CCCCNC(=O)O.CCCCNC(=O)O.Cl.Cl. The maximum Gasteiger partial charge on any atom is 0.404 e. The molecule has 8 heteroatoms. The summed E-state index contributed by atoms with van der Waals surface area (Å²) in [5.74, 6) is 0. The number of rotatable bonds is 6. The summed E-state index contributed by atoms with van der Waals surface area (Å²) in [5.41, 5.74) is 0. The molecule has 0 radical (unpaired) electrons. The summed E-state index contributed by atoms with van der Waals surface area (Å²) >= 11 is 0. The van der Waals surface area contributed by atoms with Crippen LogP contribution in [0.5, 0.6) is 0 Å². The fourth-order valence-corrected chi connectivity index (χ4v) is 0.744. The van der Waals surface area contributed by atoms with Gasteiger partial charge < -0.3 is 20.8 Å². The van der Waals surface area contributed by atoms with Crippen molar-refractivity contribution in [1.82, 2.24) is 10.6 Å². The molecule has 0 saturated heterocycles. The summed E-state index contributed by atoms with van der Waals surface area (Å²) in [7, 11) is 0. The molecule has 0 aliphatic heterocycles. The zero-order valence-corrected chi connectivity index (χ0v) is 12.4. The van der Waals surface area contributed by atoms with Crippen molar-refractivity contribution in [2.24, 2.45) is 0 Å². The van der Waals surface area contributed by atoms with E-state index in [0.29, 0.717) is 13.1 Å². The Hall–Kier alpha value is -0.880. The molecule has 2 amide bonds. The van der Waals surface area contributed by atoms with E-state index in [2.05, 4.69) is 10.6 Å². The molecule has 0 aliphatic carbocycles. The smallest absolute Gasteiger partial charge is 0.404 e. The van der Waals surface area contributed by atoms with Gasteiger partial charge in [-0.25, -0.2) is 9.59 Å². The average molecular weight is 307 g/mol. The summed E-state index contributed by atoms with van der Waals surface area (Å²) in [6, 6.07) is 0. The van der Waals surface area contributed by atoms with Gasteiger partial charge in [0.1, 0.15) is 0 Å². The first kappa shape index (κ1) is 25.8. The van der Waals surface area contributed by atoms with E-state index in [0.717, 1.165) is 25.7 Å². The number of carboxylic acid groups (broad SMARTS) is 2. The molecule has 0 aromatic carbocycles. The molecule has 0 aromatic rings. The number of halogens is 2. The molecular formula is C10H24Cl2N2O4. The Bertz CT molecular complexity index is 175.